The zero-order chi connectivity index (χ0) is 13.8. The molecule has 0 N–H and O–H groups in total. The van der Waals surface area contributed by atoms with Crippen molar-refractivity contribution in [1.29, 1.82) is 0 Å². The van der Waals surface area contributed by atoms with Gasteiger partial charge in [0.05, 0.1) is 6.61 Å². The third kappa shape index (κ3) is 3.03. The van der Waals surface area contributed by atoms with Gasteiger partial charge in [-0.05, 0) is 51.5 Å². The lowest BCUT2D eigenvalue weighted by Crippen LogP contribution is -2.43. The Kier molecular flexibility index (Phi) is 4.97. The zero-order valence-electron chi connectivity index (χ0n) is 13.0. The Bertz CT molecular complexity index is 307. The van der Waals surface area contributed by atoms with E-state index in [0.29, 0.717) is 18.4 Å². The average molecular weight is 282 g/mol. The Hall–Kier alpha value is -0.160. The smallest absolute Gasteiger partial charge is 0.148 e. The first-order chi connectivity index (χ1) is 9.84. The van der Waals surface area contributed by atoms with E-state index >= 15 is 0 Å². The first-order valence-electron chi connectivity index (χ1n) is 8.49. The third-order valence-corrected chi connectivity index (χ3v) is 5.64. The van der Waals surface area contributed by atoms with E-state index in [1.54, 1.807) is 0 Å². The van der Waals surface area contributed by atoms with Crippen molar-refractivity contribution in [2.75, 3.05) is 39.8 Å². The van der Waals surface area contributed by atoms with E-state index in [-0.39, 0.29) is 0 Å². The molecule has 116 valence electrons. The minimum absolute atomic E-state index is 0.458. The van der Waals surface area contributed by atoms with E-state index in [2.05, 4.69) is 16.7 Å². The van der Waals surface area contributed by atoms with Crippen LogP contribution < -0.4 is 0 Å². The van der Waals surface area contributed by atoms with Crippen LogP contribution in [0.2, 0.25) is 0 Å². The van der Waals surface area contributed by atoms with Gasteiger partial charge < -0.3 is 9.47 Å². The van der Waals surface area contributed by atoms with Crippen LogP contribution in [0.15, 0.2) is 0 Å². The molecule has 0 amide bonds. The summed E-state index contributed by atoms with van der Waals surface area (Å²) in [5, 5.41) is 0. The predicted octanol–water partition coefficient (Wildman–Crippen LogP) is 2.44. The van der Waals surface area contributed by atoms with Crippen molar-refractivity contribution in [3.8, 4) is 0 Å². The number of rotatable bonds is 7. The molecule has 3 saturated heterocycles. The largest absolute Gasteiger partial charge is 0.354 e. The highest BCUT2D eigenvalue weighted by Gasteiger charge is 2.47. The summed E-state index contributed by atoms with van der Waals surface area (Å²) in [7, 11) is 0. The monoisotopic (exact) mass is 282 g/mol. The molecule has 0 aromatic carbocycles. The minimum Gasteiger partial charge on any atom is -0.354 e. The molecular formula is C16H30N2O2. The normalized spacial score (nSPS) is 35.0. The summed E-state index contributed by atoms with van der Waals surface area (Å²) in [5.41, 5.74) is 0.518. The van der Waals surface area contributed by atoms with Gasteiger partial charge in [-0.25, -0.2) is 0 Å². The fourth-order valence-electron chi connectivity index (χ4n) is 4.44. The minimum atomic E-state index is 0.458. The van der Waals surface area contributed by atoms with Crippen LogP contribution in [0.25, 0.3) is 0 Å². The van der Waals surface area contributed by atoms with Crippen molar-refractivity contribution in [3.05, 3.63) is 0 Å². The van der Waals surface area contributed by atoms with Crippen molar-refractivity contribution >= 4 is 0 Å². The quantitative estimate of drug-likeness (QED) is 0.529. The highest BCUT2D eigenvalue weighted by atomic mass is 16.7. The molecule has 3 aliphatic rings. The maximum absolute atomic E-state index is 5.78. The molecule has 0 bridgehead atoms. The Labute approximate surface area is 123 Å². The number of hydrogen-bond acceptors (Lipinski definition) is 4. The van der Waals surface area contributed by atoms with Crippen LogP contribution >= 0.6 is 0 Å². The van der Waals surface area contributed by atoms with Crippen molar-refractivity contribution in [1.82, 2.24) is 9.80 Å². The summed E-state index contributed by atoms with van der Waals surface area (Å²) in [4.78, 5) is 5.09. The fraction of sp³-hybridized carbons (Fsp3) is 1.00. The number of nitrogens with zero attached hydrogens (tertiary/aromatic N) is 2. The second kappa shape index (κ2) is 6.73. The second-order valence-electron chi connectivity index (χ2n) is 6.71. The fourth-order valence-corrected chi connectivity index (χ4v) is 4.44. The summed E-state index contributed by atoms with van der Waals surface area (Å²) in [6, 6.07) is 0.632. The van der Waals surface area contributed by atoms with Gasteiger partial charge in [0.1, 0.15) is 13.5 Å². The van der Waals surface area contributed by atoms with Crippen LogP contribution in [0.5, 0.6) is 0 Å². The molecule has 3 aliphatic heterocycles. The van der Waals surface area contributed by atoms with Gasteiger partial charge in [0.25, 0.3) is 0 Å². The van der Waals surface area contributed by atoms with Crippen LogP contribution in [0.4, 0.5) is 0 Å². The molecule has 0 aliphatic carbocycles. The molecule has 4 nitrogen and oxygen atoms in total. The third-order valence-electron chi connectivity index (χ3n) is 5.64. The van der Waals surface area contributed by atoms with Crippen LogP contribution in [0.1, 0.15) is 51.9 Å². The molecule has 0 aromatic rings. The van der Waals surface area contributed by atoms with E-state index in [1.807, 2.05) is 0 Å². The van der Waals surface area contributed by atoms with Gasteiger partial charge >= 0.3 is 0 Å². The molecular weight excluding hydrogens is 252 g/mol. The molecule has 0 saturated carbocycles. The van der Waals surface area contributed by atoms with Crippen LogP contribution in [0.3, 0.4) is 0 Å². The molecule has 0 aromatic heterocycles. The SMILES string of the molecule is CC[C@]12CCCN1[C@@H](COCOCN1CCCC1)CC2. The van der Waals surface area contributed by atoms with Gasteiger partial charge in [0, 0.05) is 24.7 Å². The number of fused-ring (bicyclic) bond motifs is 1. The summed E-state index contributed by atoms with van der Waals surface area (Å²) in [6.07, 6.45) is 9.38. The molecule has 4 heteroatoms. The molecule has 0 radical (unpaired) electrons. The number of ether oxygens (including phenoxy) is 2. The Balaban J connectivity index is 1.33. The maximum atomic E-state index is 5.78. The maximum Gasteiger partial charge on any atom is 0.148 e. The van der Waals surface area contributed by atoms with Gasteiger partial charge in [-0.3, -0.25) is 9.80 Å². The van der Waals surface area contributed by atoms with E-state index in [9.17, 15) is 0 Å². The lowest BCUT2D eigenvalue weighted by molar-refractivity contribution is -0.0967. The Morgan fingerprint density at radius 3 is 2.70 bits per heavy atom. The summed E-state index contributed by atoms with van der Waals surface area (Å²) >= 11 is 0. The topological polar surface area (TPSA) is 24.9 Å². The lowest BCUT2D eigenvalue weighted by Gasteiger charge is -2.34. The molecule has 20 heavy (non-hydrogen) atoms. The number of hydrogen-bond donors (Lipinski definition) is 0. The Morgan fingerprint density at radius 1 is 1.05 bits per heavy atom. The molecule has 3 rings (SSSR count). The van der Waals surface area contributed by atoms with E-state index in [4.69, 9.17) is 9.47 Å². The van der Waals surface area contributed by atoms with Crippen LogP contribution in [-0.4, -0.2) is 61.1 Å². The summed E-state index contributed by atoms with van der Waals surface area (Å²) < 4.78 is 11.4. The summed E-state index contributed by atoms with van der Waals surface area (Å²) in [5.74, 6) is 0. The molecule has 3 heterocycles. The van der Waals surface area contributed by atoms with E-state index < -0.39 is 0 Å². The van der Waals surface area contributed by atoms with Crippen molar-refractivity contribution in [2.45, 2.75) is 63.5 Å². The average Bonchev–Trinajstić information content (AvgIpc) is 3.15. The molecule has 0 unspecified atom stereocenters. The molecule has 0 spiro atoms. The van der Waals surface area contributed by atoms with Gasteiger partial charge in [-0.15, -0.1) is 0 Å². The van der Waals surface area contributed by atoms with Crippen molar-refractivity contribution in [3.63, 3.8) is 0 Å². The van der Waals surface area contributed by atoms with Crippen molar-refractivity contribution in [2.24, 2.45) is 0 Å². The van der Waals surface area contributed by atoms with Gasteiger partial charge in [0.2, 0.25) is 0 Å². The summed E-state index contributed by atoms with van der Waals surface area (Å²) in [6.45, 7) is 8.05. The Morgan fingerprint density at radius 2 is 1.90 bits per heavy atom. The highest BCUT2D eigenvalue weighted by molar-refractivity contribution is 5.03. The van der Waals surface area contributed by atoms with Crippen molar-refractivity contribution < 1.29 is 9.47 Å². The van der Waals surface area contributed by atoms with Gasteiger partial charge in [-0.2, -0.15) is 0 Å². The molecule has 2 atom stereocenters. The van der Waals surface area contributed by atoms with Gasteiger partial charge in [-0.1, -0.05) is 6.92 Å². The first-order valence-corrected chi connectivity index (χ1v) is 8.49. The van der Waals surface area contributed by atoms with E-state index in [1.165, 1.54) is 64.6 Å². The first kappa shape index (κ1) is 14.8. The lowest BCUT2D eigenvalue weighted by atomic mass is 9.91. The molecule has 3 fully saturated rings. The van der Waals surface area contributed by atoms with E-state index in [0.717, 1.165) is 13.3 Å². The highest BCUT2D eigenvalue weighted by Crippen LogP contribution is 2.44. The predicted molar refractivity (Wildman–Crippen MR) is 79.6 cm³/mol. The van der Waals surface area contributed by atoms with Crippen LogP contribution in [-0.2, 0) is 9.47 Å². The van der Waals surface area contributed by atoms with Gasteiger partial charge in [0.15, 0.2) is 0 Å². The number of likely N-dealkylation sites (tertiary alicyclic amines) is 1. The zero-order valence-corrected chi connectivity index (χ0v) is 13.0. The second-order valence-corrected chi connectivity index (χ2v) is 6.71. The van der Waals surface area contributed by atoms with Crippen LogP contribution in [0, 0.1) is 0 Å². The standard InChI is InChI=1S/C16H30N2O2/c1-2-16-7-5-11-18(16)15(6-8-16)12-19-14-20-13-17-9-3-4-10-17/h15H,2-14H2,1H3/t15-,16-/m1/s1.